The topological polar surface area (TPSA) is 29.5 Å². The summed E-state index contributed by atoms with van der Waals surface area (Å²) in [5.74, 6) is 1.78. The molecule has 21 heavy (non-hydrogen) atoms. The number of likely N-dealkylation sites (tertiary alicyclic amines) is 1. The summed E-state index contributed by atoms with van der Waals surface area (Å²) in [4.78, 5) is 13.1. The zero-order valence-electron chi connectivity index (χ0n) is 13.5. The van der Waals surface area contributed by atoms with Crippen LogP contribution in [0.4, 0.5) is 0 Å². The molecule has 0 radical (unpaired) electrons. The van der Waals surface area contributed by atoms with Gasteiger partial charge in [0.05, 0.1) is 0 Å². The maximum absolute atomic E-state index is 10.7. The second kappa shape index (κ2) is 7.60. The van der Waals surface area contributed by atoms with E-state index in [-0.39, 0.29) is 5.92 Å². The van der Waals surface area contributed by atoms with Crippen LogP contribution < -0.4 is 4.74 Å². The van der Waals surface area contributed by atoms with Gasteiger partial charge in [-0.3, -0.25) is 4.90 Å². The third-order valence-electron chi connectivity index (χ3n) is 4.36. The molecule has 0 aliphatic carbocycles. The van der Waals surface area contributed by atoms with Gasteiger partial charge >= 0.3 is 0 Å². The fraction of sp³-hybridized carbons (Fsp3) is 0.611. The number of aryl methyl sites for hydroxylation is 1. The lowest BCUT2D eigenvalue weighted by atomic mass is 9.98. The zero-order chi connectivity index (χ0) is 15.2. The minimum absolute atomic E-state index is 0.272. The fourth-order valence-corrected chi connectivity index (χ4v) is 2.99. The monoisotopic (exact) mass is 289 g/mol. The first-order valence-electron chi connectivity index (χ1n) is 8.01. The molecule has 0 bridgehead atoms. The largest absolute Gasteiger partial charge is 0.492 e. The predicted molar refractivity (Wildman–Crippen MR) is 86.0 cm³/mol. The van der Waals surface area contributed by atoms with Crippen LogP contribution in [0.3, 0.4) is 0 Å². The highest BCUT2D eigenvalue weighted by atomic mass is 16.5. The minimum Gasteiger partial charge on any atom is -0.492 e. The van der Waals surface area contributed by atoms with Crippen LogP contribution in [0.15, 0.2) is 18.2 Å². The third kappa shape index (κ3) is 4.57. The number of benzene rings is 1. The van der Waals surface area contributed by atoms with Gasteiger partial charge in [0, 0.05) is 12.5 Å². The number of carbonyl (C=O) groups excluding carboxylic acids is 1. The highest BCUT2D eigenvalue weighted by molar-refractivity contribution is 5.53. The molecule has 0 amide bonds. The highest BCUT2D eigenvalue weighted by Crippen LogP contribution is 2.23. The molecule has 0 aromatic heterocycles. The molecule has 1 aliphatic rings. The van der Waals surface area contributed by atoms with E-state index >= 15 is 0 Å². The van der Waals surface area contributed by atoms with Gasteiger partial charge in [-0.2, -0.15) is 0 Å². The van der Waals surface area contributed by atoms with Crippen molar-refractivity contribution < 1.29 is 9.53 Å². The lowest BCUT2D eigenvalue weighted by molar-refractivity contribution is -0.112. The number of aldehydes is 1. The lowest BCUT2D eigenvalue weighted by Crippen LogP contribution is -2.36. The second-order valence-corrected chi connectivity index (χ2v) is 6.34. The molecule has 1 aliphatic heterocycles. The molecule has 0 atom stereocenters. The summed E-state index contributed by atoms with van der Waals surface area (Å²) in [7, 11) is 0. The molecule has 1 saturated heterocycles. The molecule has 0 N–H and O–H groups in total. The molecule has 0 saturated carbocycles. The zero-order valence-corrected chi connectivity index (χ0v) is 13.5. The van der Waals surface area contributed by atoms with Gasteiger partial charge in [-0.15, -0.1) is 0 Å². The Morgan fingerprint density at radius 1 is 1.33 bits per heavy atom. The number of hydrogen-bond acceptors (Lipinski definition) is 3. The average Bonchev–Trinajstić information content (AvgIpc) is 2.47. The summed E-state index contributed by atoms with van der Waals surface area (Å²) in [6.07, 6.45) is 3.09. The van der Waals surface area contributed by atoms with E-state index in [0.29, 0.717) is 12.5 Å². The standard InChI is InChI=1S/C18H27NO2/c1-14(2)18-5-4-17(12-15(18)3)21-11-10-19-8-6-16(13-20)7-9-19/h4-5,12-14,16H,6-11H2,1-3H3. The number of carbonyl (C=O) groups is 1. The fourth-order valence-electron chi connectivity index (χ4n) is 2.99. The van der Waals surface area contributed by atoms with E-state index in [2.05, 4.69) is 43.9 Å². The quantitative estimate of drug-likeness (QED) is 0.752. The first-order chi connectivity index (χ1) is 10.1. The maximum Gasteiger partial charge on any atom is 0.123 e. The SMILES string of the molecule is Cc1cc(OCCN2CCC(C=O)CC2)ccc1C(C)C. The van der Waals surface area contributed by atoms with Crippen molar-refractivity contribution in [2.24, 2.45) is 5.92 Å². The molecule has 0 unspecified atom stereocenters. The van der Waals surface area contributed by atoms with Crippen molar-refractivity contribution in [3.05, 3.63) is 29.3 Å². The molecule has 1 heterocycles. The van der Waals surface area contributed by atoms with Crippen LogP contribution in [-0.4, -0.2) is 37.4 Å². The normalized spacial score (nSPS) is 17.1. The van der Waals surface area contributed by atoms with Crippen LogP contribution >= 0.6 is 0 Å². The van der Waals surface area contributed by atoms with Crippen molar-refractivity contribution in [3.8, 4) is 5.75 Å². The summed E-state index contributed by atoms with van der Waals surface area (Å²) in [6, 6.07) is 6.37. The second-order valence-electron chi connectivity index (χ2n) is 6.34. The van der Waals surface area contributed by atoms with Crippen LogP contribution in [0.1, 0.15) is 43.7 Å². The summed E-state index contributed by atoms with van der Waals surface area (Å²) in [6.45, 7) is 10.3. The Morgan fingerprint density at radius 2 is 2.05 bits per heavy atom. The number of piperidine rings is 1. The Balaban J connectivity index is 1.76. The molecule has 1 fully saturated rings. The Morgan fingerprint density at radius 3 is 2.62 bits per heavy atom. The van der Waals surface area contributed by atoms with Crippen LogP contribution in [0.25, 0.3) is 0 Å². The molecular weight excluding hydrogens is 262 g/mol. The van der Waals surface area contributed by atoms with E-state index < -0.39 is 0 Å². The Labute approximate surface area is 128 Å². The third-order valence-corrected chi connectivity index (χ3v) is 4.36. The van der Waals surface area contributed by atoms with Gasteiger partial charge in [-0.05, 0) is 62.0 Å². The molecule has 2 rings (SSSR count). The smallest absolute Gasteiger partial charge is 0.123 e. The molecule has 3 nitrogen and oxygen atoms in total. The molecular formula is C18H27NO2. The number of hydrogen-bond donors (Lipinski definition) is 0. The average molecular weight is 289 g/mol. The van der Waals surface area contributed by atoms with Gasteiger partial charge in [0.2, 0.25) is 0 Å². The van der Waals surface area contributed by atoms with E-state index in [0.717, 1.165) is 44.5 Å². The van der Waals surface area contributed by atoms with Gasteiger partial charge in [-0.1, -0.05) is 19.9 Å². The number of nitrogens with zero attached hydrogens (tertiary/aromatic N) is 1. The number of ether oxygens (including phenoxy) is 1. The van der Waals surface area contributed by atoms with Crippen molar-refractivity contribution in [2.75, 3.05) is 26.2 Å². The van der Waals surface area contributed by atoms with Gasteiger partial charge in [0.25, 0.3) is 0 Å². The first kappa shape index (κ1) is 16.0. The van der Waals surface area contributed by atoms with E-state index in [9.17, 15) is 4.79 Å². The van der Waals surface area contributed by atoms with Gasteiger partial charge < -0.3 is 9.53 Å². The summed E-state index contributed by atoms with van der Waals surface area (Å²) >= 11 is 0. The maximum atomic E-state index is 10.7. The predicted octanol–water partition coefficient (Wildman–Crippen LogP) is 3.41. The van der Waals surface area contributed by atoms with Crippen LogP contribution in [0.5, 0.6) is 5.75 Å². The highest BCUT2D eigenvalue weighted by Gasteiger charge is 2.18. The molecule has 1 aromatic carbocycles. The number of rotatable bonds is 6. The molecule has 3 heteroatoms. The van der Waals surface area contributed by atoms with Crippen molar-refractivity contribution in [1.29, 1.82) is 0 Å². The Bertz CT molecular complexity index is 462. The van der Waals surface area contributed by atoms with E-state index in [4.69, 9.17) is 4.74 Å². The van der Waals surface area contributed by atoms with E-state index in [1.807, 2.05) is 0 Å². The van der Waals surface area contributed by atoms with Crippen LogP contribution in [0.2, 0.25) is 0 Å². The Kier molecular flexibility index (Phi) is 5.80. The minimum atomic E-state index is 0.272. The Hall–Kier alpha value is -1.35. The first-order valence-corrected chi connectivity index (χ1v) is 8.01. The van der Waals surface area contributed by atoms with Crippen molar-refractivity contribution in [3.63, 3.8) is 0 Å². The molecule has 116 valence electrons. The van der Waals surface area contributed by atoms with Crippen molar-refractivity contribution in [2.45, 2.75) is 39.5 Å². The lowest BCUT2D eigenvalue weighted by Gasteiger charge is -2.29. The summed E-state index contributed by atoms with van der Waals surface area (Å²) < 4.78 is 5.87. The van der Waals surface area contributed by atoms with Gasteiger partial charge in [0.1, 0.15) is 18.6 Å². The van der Waals surface area contributed by atoms with Crippen molar-refractivity contribution in [1.82, 2.24) is 4.90 Å². The molecule has 1 aromatic rings. The summed E-state index contributed by atoms with van der Waals surface area (Å²) in [5.41, 5.74) is 2.69. The van der Waals surface area contributed by atoms with Crippen LogP contribution in [0, 0.1) is 12.8 Å². The van der Waals surface area contributed by atoms with E-state index in [1.165, 1.54) is 11.1 Å². The molecule has 0 spiro atoms. The van der Waals surface area contributed by atoms with Crippen LogP contribution in [-0.2, 0) is 4.79 Å². The van der Waals surface area contributed by atoms with Gasteiger partial charge in [0.15, 0.2) is 0 Å². The van der Waals surface area contributed by atoms with E-state index in [1.54, 1.807) is 0 Å². The van der Waals surface area contributed by atoms with Gasteiger partial charge in [-0.25, -0.2) is 0 Å². The summed E-state index contributed by atoms with van der Waals surface area (Å²) in [5, 5.41) is 0. The van der Waals surface area contributed by atoms with Crippen molar-refractivity contribution >= 4 is 6.29 Å².